The first-order chi connectivity index (χ1) is 15.4. The van der Waals surface area contributed by atoms with Gasteiger partial charge in [-0.15, -0.1) is 0 Å². The predicted octanol–water partition coefficient (Wildman–Crippen LogP) is 6.05. The van der Waals surface area contributed by atoms with Crippen LogP contribution in [-0.2, 0) is 22.9 Å². The highest BCUT2D eigenvalue weighted by Crippen LogP contribution is 2.59. The zero-order valence-electron chi connectivity index (χ0n) is 19.2. The summed E-state index contributed by atoms with van der Waals surface area (Å²) in [6, 6.07) is 5.05. The van der Waals surface area contributed by atoms with Crippen molar-refractivity contribution in [3.8, 4) is 0 Å². The summed E-state index contributed by atoms with van der Waals surface area (Å²) >= 11 is 0. The largest absolute Gasteiger partial charge is 0.416 e. The molecule has 1 fully saturated rings. The maximum absolute atomic E-state index is 13.1. The van der Waals surface area contributed by atoms with Crippen LogP contribution in [-0.4, -0.2) is 15.2 Å². The Bertz CT molecular complexity index is 1070. The SMILES string of the molecule is CC(O)c1nc2c(c3c1C(c1ccc(C(F)(F)F)cc1)OC31CCCC1)C(O)CC(C)(C)C2. The van der Waals surface area contributed by atoms with Crippen LogP contribution in [0.4, 0.5) is 13.2 Å². The van der Waals surface area contributed by atoms with Gasteiger partial charge in [-0.1, -0.05) is 38.8 Å². The molecule has 2 aromatic rings. The third-order valence-electron chi connectivity index (χ3n) is 7.52. The second-order valence-electron chi connectivity index (χ2n) is 10.7. The molecule has 0 radical (unpaired) electrons. The van der Waals surface area contributed by atoms with Gasteiger partial charge in [-0.3, -0.25) is 4.98 Å². The minimum atomic E-state index is -4.41. The van der Waals surface area contributed by atoms with Gasteiger partial charge in [-0.2, -0.15) is 13.2 Å². The summed E-state index contributed by atoms with van der Waals surface area (Å²) in [5.41, 5.74) is 2.92. The van der Waals surface area contributed by atoms with Gasteiger partial charge in [0.15, 0.2) is 0 Å². The van der Waals surface area contributed by atoms with Crippen molar-refractivity contribution in [2.75, 3.05) is 0 Å². The number of pyridine rings is 1. The van der Waals surface area contributed by atoms with Crippen LogP contribution in [0.25, 0.3) is 0 Å². The van der Waals surface area contributed by atoms with Crippen molar-refractivity contribution in [3.05, 3.63) is 63.5 Å². The fraction of sp³-hybridized carbons (Fsp3) is 0.577. The smallest absolute Gasteiger partial charge is 0.388 e. The average molecular weight is 462 g/mol. The summed E-state index contributed by atoms with van der Waals surface area (Å²) in [6.07, 6.45) is -1.82. The van der Waals surface area contributed by atoms with Crippen LogP contribution in [0.1, 0.15) is 110 Å². The minimum Gasteiger partial charge on any atom is -0.388 e. The van der Waals surface area contributed by atoms with E-state index in [1.54, 1.807) is 6.92 Å². The normalized spacial score (nSPS) is 26.3. The number of ether oxygens (including phenoxy) is 1. The van der Waals surface area contributed by atoms with Gasteiger partial charge in [0, 0.05) is 16.8 Å². The Kier molecular flexibility index (Phi) is 5.20. The number of aromatic nitrogens is 1. The Morgan fingerprint density at radius 2 is 1.73 bits per heavy atom. The van der Waals surface area contributed by atoms with Crippen molar-refractivity contribution in [2.45, 2.75) is 89.4 Å². The Hall–Kier alpha value is -1.96. The van der Waals surface area contributed by atoms with E-state index in [2.05, 4.69) is 13.8 Å². The molecule has 4 nitrogen and oxygen atoms in total. The van der Waals surface area contributed by atoms with Gasteiger partial charge in [-0.05, 0) is 61.3 Å². The summed E-state index contributed by atoms with van der Waals surface area (Å²) in [5.74, 6) is 0. The van der Waals surface area contributed by atoms with E-state index in [0.717, 1.165) is 60.2 Å². The Labute approximate surface area is 191 Å². The molecule has 178 valence electrons. The molecule has 1 aromatic heterocycles. The van der Waals surface area contributed by atoms with Gasteiger partial charge < -0.3 is 14.9 Å². The van der Waals surface area contributed by atoms with Crippen LogP contribution in [0, 0.1) is 5.41 Å². The summed E-state index contributed by atoms with van der Waals surface area (Å²) < 4.78 is 46.1. The number of hydrogen-bond donors (Lipinski definition) is 2. The van der Waals surface area contributed by atoms with Crippen LogP contribution in [0.15, 0.2) is 24.3 Å². The first kappa shape index (κ1) is 22.8. The molecule has 7 heteroatoms. The quantitative estimate of drug-likeness (QED) is 0.572. The van der Waals surface area contributed by atoms with Crippen molar-refractivity contribution >= 4 is 0 Å². The molecule has 2 aliphatic carbocycles. The lowest BCUT2D eigenvalue weighted by atomic mass is 9.70. The highest BCUT2D eigenvalue weighted by molar-refractivity contribution is 5.54. The topological polar surface area (TPSA) is 62.6 Å². The zero-order chi connectivity index (χ0) is 23.8. The second kappa shape index (κ2) is 7.52. The number of aliphatic hydroxyl groups excluding tert-OH is 2. The van der Waals surface area contributed by atoms with Crippen LogP contribution in [0.5, 0.6) is 0 Å². The molecule has 3 aliphatic rings. The number of aliphatic hydroxyl groups is 2. The van der Waals surface area contributed by atoms with E-state index < -0.39 is 35.7 Å². The molecular weight excluding hydrogens is 431 g/mol. The number of halogens is 3. The molecule has 1 aromatic carbocycles. The van der Waals surface area contributed by atoms with E-state index in [1.165, 1.54) is 12.1 Å². The lowest BCUT2D eigenvalue weighted by Gasteiger charge is -2.38. The van der Waals surface area contributed by atoms with Crippen LogP contribution >= 0.6 is 0 Å². The molecule has 33 heavy (non-hydrogen) atoms. The fourth-order valence-electron chi connectivity index (χ4n) is 6.14. The second-order valence-corrected chi connectivity index (χ2v) is 10.7. The van der Waals surface area contributed by atoms with Crippen molar-refractivity contribution in [1.82, 2.24) is 4.98 Å². The van der Waals surface area contributed by atoms with Crippen LogP contribution in [0.2, 0.25) is 0 Å². The van der Waals surface area contributed by atoms with Gasteiger partial charge >= 0.3 is 6.18 Å². The number of hydrogen-bond acceptors (Lipinski definition) is 4. The highest BCUT2D eigenvalue weighted by Gasteiger charge is 2.52. The number of fused-ring (bicyclic) bond motifs is 4. The van der Waals surface area contributed by atoms with Crippen molar-refractivity contribution < 1.29 is 28.1 Å². The monoisotopic (exact) mass is 461 g/mol. The number of nitrogens with zero attached hydrogens (tertiary/aromatic N) is 1. The Morgan fingerprint density at radius 3 is 2.30 bits per heavy atom. The van der Waals surface area contributed by atoms with Crippen molar-refractivity contribution in [1.29, 1.82) is 0 Å². The number of alkyl halides is 3. The van der Waals surface area contributed by atoms with Crippen LogP contribution < -0.4 is 0 Å². The third kappa shape index (κ3) is 3.69. The molecule has 3 unspecified atom stereocenters. The van der Waals surface area contributed by atoms with Gasteiger partial charge in [0.2, 0.25) is 0 Å². The molecule has 0 amide bonds. The van der Waals surface area contributed by atoms with E-state index in [1.807, 2.05) is 0 Å². The van der Waals surface area contributed by atoms with Crippen molar-refractivity contribution in [3.63, 3.8) is 0 Å². The third-order valence-corrected chi connectivity index (χ3v) is 7.52. The van der Waals surface area contributed by atoms with Gasteiger partial charge in [-0.25, -0.2) is 0 Å². The summed E-state index contributed by atoms with van der Waals surface area (Å²) in [5, 5.41) is 21.9. The molecule has 5 rings (SSSR count). The predicted molar refractivity (Wildman–Crippen MR) is 116 cm³/mol. The molecule has 3 atom stereocenters. The highest BCUT2D eigenvalue weighted by atomic mass is 19.4. The number of benzene rings is 1. The maximum atomic E-state index is 13.1. The standard InChI is InChI=1S/C26H30F3NO3/c1-14(31)22-20-21(19-17(30-22)12-24(2,3)13-18(19)32)25(10-4-5-11-25)33-23(20)15-6-8-16(9-7-15)26(27,28)29/h6-9,14,18,23,31-32H,4-5,10-13H2,1-3H3. The van der Waals surface area contributed by atoms with Crippen molar-refractivity contribution in [2.24, 2.45) is 5.41 Å². The molecule has 1 aliphatic heterocycles. The van der Waals surface area contributed by atoms with Gasteiger partial charge in [0.05, 0.1) is 29.1 Å². The molecule has 1 saturated carbocycles. The van der Waals surface area contributed by atoms with E-state index in [9.17, 15) is 23.4 Å². The lowest BCUT2D eigenvalue weighted by Crippen LogP contribution is -2.32. The molecule has 2 N–H and O–H groups in total. The van der Waals surface area contributed by atoms with E-state index in [-0.39, 0.29) is 5.41 Å². The van der Waals surface area contributed by atoms with Gasteiger partial charge in [0.1, 0.15) is 6.10 Å². The van der Waals surface area contributed by atoms with E-state index >= 15 is 0 Å². The Morgan fingerprint density at radius 1 is 1.09 bits per heavy atom. The summed E-state index contributed by atoms with van der Waals surface area (Å²) in [4.78, 5) is 4.85. The Balaban J connectivity index is 1.73. The fourth-order valence-corrected chi connectivity index (χ4v) is 6.14. The summed E-state index contributed by atoms with van der Waals surface area (Å²) in [6.45, 7) is 5.86. The summed E-state index contributed by atoms with van der Waals surface area (Å²) in [7, 11) is 0. The first-order valence-electron chi connectivity index (χ1n) is 11.7. The molecular formula is C26H30F3NO3. The zero-order valence-corrected chi connectivity index (χ0v) is 19.2. The van der Waals surface area contributed by atoms with Crippen LogP contribution in [0.3, 0.4) is 0 Å². The molecule has 1 spiro atoms. The molecule has 0 bridgehead atoms. The minimum absolute atomic E-state index is 0.126. The molecule has 0 saturated heterocycles. The first-order valence-corrected chi connectivity index (χ1v) is 11.7. The average Bonchev–Trinajstić information content (AvgIpc) is 3.31. The lowest BCUT2D eigenvalue weighted by molar-refractivity contribution is -0.137. The van der Waals surface area contributed by atoms with Gasteiger partial charge in [0.25, 0.3) is 0 Å². The van der Waals surface area contributed by atoms with E-state index in [4.69, 9.17) is 9.72 Å². The molecule has 2 heterocycles. The number of rotatable bonds is 2. The maximum Gasteiger partial charge on any atom is 0.416 e. The van der Waals surface area contributed by atoms with E-state index in [0.29, 0.717) is 24.1 Å².